The molecule has 6 heteroatoms. The van der Waals surface area contributed by atoms with Gasteiger partial charge in [0.25, 0.3) is 0 Å². The summed E-state index contributed by atoms with van der Waals surface area (Å²) in [6, 6.07) is 5.09. The molecule has 0 radical (unpaired) electrons. The number of carbonyl (C=O) groups excluding carboxylic acids is 1. The molecule has 1 saturated heterocycles. The van der Waals surface area contributed by atoms with E-state index in [2.05, 4.69) is 22.2 Å². The van der Waals surface area contributed by atoms with Crippen LogP contribution in [0.25, 0.3) is 0 Å². The van der Waals surface area contributed by atoms with Gasteiger partial charge in [0.15, 0.2) is 0 Å². The fourth-order valence-electron chi connectivity index (χ4n) is 2.37. The fourth-order valence-corrected chi connectivity index (χ4v) is 2.62. The van der Waals surface area contributed by atoms with Gasteiger partial charge < -0.3 is 15.0 Å². The average molecular weight is 312 g/mol. The summed E-state index contributed by atoms with van der Waals surface area (Å²) in [6.45, 7) is 5.74. The minimum atomic E-state index is -0.153. The number of hydrogen-bond donors (Lipinski definition) is 1. The van der Waals surface area contributed by atoms with Crippen LogP contribution in [0.4, 0.5) is 5.69 Å². The molecular formula is C15H22ClN3O2. The largest absolute Gasteiger partial charge is 0.495 e. The van der Waals surface area contributed by atoms with Gasteiger partial charge in [0.05, 0.1) is 18.2 Å². The molecule has 5 nitrogen and oxygen atoms in total. The summed E-state index contributed by atoms with van der Waals surface area (Å²) in [7, 11) is 3.66. The number of hydrogen-bond acceptors (Lipinski definition) is 4. The number of benzene rings is 1. The number of methoxy groups -OCH3 is 1. The van der Waals surface area contributed by atoms with Crippen molar-refractivity contribution in [1.29, 1.82) is 0 Å². The second kappa shape index (κ2) is 7.11. The van der Waals surface area contributed by atoms with E-state index in [1.807, 2.05) is 6.92 Å². The number of nitrogens with one attached hydrogen (secondary N) is 1. The molecule has 21 heavy (non-hydrogen) atoms. The molecule has 1 amide bonds. The van der Waals surface area contributed by atoms with Crippen LogP contribution >= 0.6 is 11.6 Å². The highest BCUT2D eigenvalue weighted by molar-refractivity contribution is 6.32. The minimum Gasteiger partial charge on any atom is -0.495 e. The van der Waals surface area contributed by atoms with Crippen molar-refractivity contribution < 1.29 is 9.53 Å². The van der Waals surface area contributed by atoms with Gasteiger partial charge in [0.2, 0.25) is 5.91 Å². The maximum atomic E-state index is 12.3. The molecule has 1 aliphatic rings. The zero-order chi connectivity index (χ0) is 15.4. The van der Waals surface area contributed by atoms with Crippen molar-refractivity contribution in [3.63, 3.8) is 0 Å². The van der Waals surface area contributed by atoms with Crippen LogP contribution < -0.4 is 10.1 Å². The molecule has 0 unspecified atom stereocenters. The van der Waals surface area contributed by atoms with Crippen LogP contribution in [0.15, 0.2) is 18.2 Å². The number of rotatable bonds is 4. The van der Waals surface area contributed by atoms with Gasteiger partial charge in [-0.1, -0.05) is 11.6 Å². The molecule has 1 atom stereocenters. The predicted octanol–water partition coefficient (Wildman–Crippen LogP) is 1.92. The summed E-state index contributed by atoms with van der Waals surface area (Å²) < 4.78 is 5.10. The van der Waals surface area contributed by atoms with Crippen LogP contribution in [0.3, 0.4) is 0 Å². The van der Waals surface area contributed by atoms with Gasteiger partial charge in [-0.25, -0.2) is 0 Å². The highest BCUT2D eigenvalue weighted by atomic mass is 35.5. The zero-order valence-electron chi connectivity index (χ0n) is 12.7. The summed E-state index contributed by atoms with van der Waals surface area (Å²) >= 11 is 6.07. The summed E-state index contributed by atoms with van der Waals surface area (Å²) in [5.74, 6) is 0.586. The molecule has 1 fully saturated rings. The predicted molar refractivity (Wildman–Crippen MR) is 85.2 cm³/mol. The molecule has 1 aromatic carbocycles. The standard InChI is InChI=1S/C15H22ClN3O2/c1-11(19-8-6-18(2)7-9-19)15(20)17-12-4-5-14(21-3)13(16)10-12/h4-5,10-11H,6-9H2,1-3H3,(H,17,20)/t11-/m0/s1. The van der Waals surface area contributed by atoms with Gasteiger partial charge in [0.1, 0.15) is 5.75 Å². The van der Waals surface area contributed by atoms with E-state index >= 15 is 0 Å². The Morgan fingerprint density at radius 1 is 1.33 bits per heavy atom. The number of carbonyl (C=O) groups is 1. The Bertz CT molecular complexity index is 502. The maximum Gasteiger partial charge on any atom is 0.241 e. The smallest absolute Gasteiger partial charge is 0.241 e. The Kier molecular flexibility index (Phi) is 5.45. The topological polar surface area (TPSA) is 44.8 Å². The van der Waals surface area contributed by atoms with Gasteiger partial charge in [-0.2, -0.15) is 0 Å². The highest BCUT2D eigenvalue weighted by Gasteiger charge is 2.24. The van der Waals surface area contributed by atoms with Crippen molar-refractivity contribution in [3.8, 4) is 5.75 Å². The third-order valence-corrected chi connectivity index (χ3v) is 4.18. The lowest BCUT2D eigenvalue weighted by Crippen LogP contribution is -2.51. The first-order valence-corrected chi connectivity index (χ1v) is 7.46. The first kappa shape index (κ1) is 16.1. The van der Waals surface area contributed by atoms with E-state index in [-0.39, 0.29) is 11.9 Å². The zero-order valence-corrected chi connectivity index (χ0v) is 13.5. The lowest BCUT2D eigenvalue weighted by atomic mass is 10.2. The van der Waals surface area contributed by atoms with Crippen LogP contribution in [0, 0.1) is 0 Å². The molecule has 1 aliphatic heterocycles. The third kappa shape index (κ3) is 4.09. The van der Waals surface area contributed by atoms with Crippen molar-refractivity contribution in [2.24, 2.45) is 0 Å². The van der Waals surface area contributed by atoms with Gasteiger partial charge in [-0.15, -0.1) is 0 Å². The molecule has 0 saturated carbocycles. The molecule has 2 rings (SSSR count). The van der Waals surface area contributed by atoms with Gasteiger partial charge in [-0.05, 0) is 32.2 Å². The Morgan fingerprint density at radius 3 is 2.57 bits per heavy atom. The monoisotopic (exact) mass is 311 g/mol. The second-order valence-electron chi connectivity index (χ2n) is 5.35. The lowest BCUT2D eigenvalue weighted by Gasteiger charge is -2.35. The molecule has 1 heterocycles. The number of anilines is 1. The SMILES string of the molecule is COc1ccc(NC(=O)[C@H](C)N2CCN(C)CC2)cc1Cl. The highest BCUT2D eigenvalue weighted by Crippen LogP contribution is 2.27. The van der Waals surface area contributed by atoms with Gasteiger partial charge in [0, 0.05) is 31.9 Å². The van der Waals surface area contributed by atoms with E-state index in [0.29, 0.717) is 16.5 Å². The molecular weight excluding hydrogens is 290 g/mol. The van der Waals surface area contributed by atoms with Crippen LogP contribution in [-0.2, 0) is 4.79 Å². The molecule has 0 aromatic heterocycles. The van der Waals surface area contributed by atoms with E-state index in [0.717, 1.165) is 26.2 Å². The Labute approximate surface area is 130 Å². The number of ether oxygens (including phenoxy) is 1. The van der Waals surface area contributed by atoms with Crippen LogP contribution in [0.5, 0.6) is 5.75 Å². The third-order valence-electron chi connectivity index (χ3n) is 3.88. The summed E-state index contributed by atoms with van der Waals surface area (Å²) in [5, 5.41) is 3.40. The lowest BCUT2D eigenvalue weighted by molar-refractivity contribution is -0.121. The molecule has 0 bridgehead atoms. The van der Waals surface area contributed by atoms with Crippen molar-refractivity contribution in [2.75, 3.05) is 45.7 Å². The number of piperazine rings is 1. The minimum absolute atomic E-state index is 0.0132. The summed E-state index contributed by atoms with van der Waals surface area (Å²) in [5.41, 5.74) is 0.687. The first-order chi connectivity index (χ1) is 10.0. The van der Waals surface area contributed by atoms with Gasteiger partial charge in [-0.3, -0.25) is 9.69 Å². The van der Waals surface area contributed by atoms with Crippen LogP contribution in [-0.4, -0.2) is 62.1 Å². The Hall–Kier alpha value is -1.30. The Balaban J connectivity index is 1.95. The van der Waals surface area contributed by atoms with E-state index in [1.165, 1.54) is 0 Å². The van der Waals surface area contributed by atoms with Crippen molar-refractivity contribution in [2.45, 2.75) is 13.0 Å². The van der Waals surface area contributed by atoms with Crippen molar-refractivity contribution >= 4 is 23.2 Å². The van der Waals surface area contributed by atoms with Gasteiger partial charge >= 0.3 is 0 Å². The van der Waals surface area contributed by atoms with Crippen LogP contribution in [0.2, 0.25) is 5.02 Å². The first-order valence-electron chi connectivity index (χ1n) is 7.08. The second-order valence-corrected chi connectivity index (χ2v) is 5.76. The normalized spacial score (nSPS) is 18.3. The quantitative estimate of drug-likeness (QED) is 0.923. The fraction of sp³-hybridized carbons (Fsp3) is 0.533. The van der Waals surface area contributed by atoms with E-state index in [9.17, 15) is 4.79 Å². The average Bonchev–Trinajstić information content (AvgIpc) is 2.47. The molecule has 0 aliphatic carbocycles. The van der Waals surface area contributed by atoms with E-state index < -0.39 is 0 Å². The van der Waals surface area contributed by atoms with E-state index in [1.54, 1.807) is 25.3 Å². The number of amides is 1. The molecule has 116 valence electrons. The molecule has 0 spiro atoms. The molecule has 1 N–H and O–H groups in total. The Morgan fingerprint density at radius 2 is 2.00 bits per heavy atom. The summed E-state index contributed by atoms with van der Waals surface area (Å²) in [4.78, 5) is 16.8. The van der Waals surface area contributed by atoms with Crippen LogP contribution in [0.1, 0.15) is 6.92 Å². The number of nitrogens with zero attached hydrogens (tertiary/aromatic N) is 2. The molecule has 1 aromatic rings. The van der Waals surface area contributed by atoms with E-state index in [4.69, 9.17) is 16.3 Å². The number of halogens is 1. The maximum absolute atomic E-state index is 12.3. The number of likely N-dealkylation sites (N-methyl/N-ethyl adjacent to an activating group) is 1. The summed E-state index contributed by atoms with van der Waals surface area (Å²) in [6.07, 6.45) is 0. The van der Waals surface area contributed by atoms with Crippen molar-refractivity contribution in [1.82, 2.24) is 9.80 Å². The van der Waals surface area contributed by atoms with Crippen molar-refractivity contribution in [3.05, 3.63) is 23.2 Å².